The average Bonchev–Trinajstić information content (AvgIpc) is 3.19. The van der Waals surface area contributed by atoms with Gasteiger partial charge in [0.25, 0.3) is 0 Å². The molecule has 0 amide bonds. The monoisotopic (exact) mass is 372 g/mol. The molecule has 7 heteroatoms. The normalized spacial score (nSPS) is 17.0. The summed E-state index contributed by atoms with van der Waals surface area (Å²) in [7, 11) is 0. The molecule has 0 bridgehead atoms. The quantitative estimate of drug-likeness (QED) is 0.577. The molecule has 2 heterocycles. The van der Waals surface area contributed by atoms with Crippen LogP contribution in [0.25, 0.3) is 0 Å². The molecule has 144 valence electrons. The largest absolute Gasteiger partial charge is 0.439 e. The summed E-state index contributed by atoms with van der Waals surface area (Å²) >= 11 is 0. The number of pyridine rings is 1. The maximum absolute atomic E-state index is 13.4. The predicted octanol–water partition coefficient (Wildman–Crippen LogP) is 3.25. The SMILES string of the molecule is CCNC(=NCc1cccnc1Oc1cccc(F)c1)NCC1CCCO1. The number of guanidine groups is 1. The topological polar surface area (TPSA) is 67.8 Å². The van der Waals surface area contributed by atoms with Crippen LogP contribution in [0.15, 0.2) is 47.6 Å². The van der Waals surface area contributed by atoms with Gasteiger partial charge in [-0.15, -0.1) is 0 Å². The van der Waals surface area contributed by atoms with Gasteiger partial charge in [-0.25, -0.2) is 14.4 Å². The summed E-state index contributed by atoms with van der Waals surface area (Å²) in [5, 5.41) is 6.54. The highest BCUT2D eigenvalue weighted by Crippen LogP contribution is 2.24. The van der Waals surface area contributed by atoms with E-state index >= 15 is 0 Å². The first kappa shape index (κ1) is 19.1. The number of ether oxygens (including phenoxy) is 2. The minimum atomic E-state index is -0.351. The number of halogens is 1. The summed E-state index contributed by atoms with van der Waals surface area (Å²) in [6, 6.07) is 9.72. The van der Waals surface area contributed by atoms with E-state index < -0.39 is 0 Å². The number of aromatic nitrogens is 1. The lowest BCUT2D eigenvalue weighted by molar-refractivity contribution is 0.114. The summed E-state index contributed by atoms with van der Waals surface area (Å²) in [5.41, 5.74) is 0.816. The molecule has 0 aliphatic carbocycles. The Labute approximate surface area is 158 Å². The Kier molecular flexibility index (Phi) is 6.98. The second-order valence-electron chi connectivity index (χ2n) is 6.24. The summed E-state index contributed by atoms with van der Waals surface area (Å²) in [6.07, 6.45) is 4.05. The zero-order valence-electron chi connectivity index (χ0n) is 15.5. The van der Waals surface area contributed by atoms with Gasteiger partial charge in [0.1, 0.15) is 11.6 Å². The Bertz CT molecular complexity index is 763. The molecular weight excluding hydrogens is 347 g/mol. The van der Waals surface area contributed by atoms with Crippen molar-refractivity contribution < 1.29 is 13.9 Å². The van der Waals surface area contributed by atoms with Crippen LogP contribution in [-0.2, 0) is 11.3 Å². The molecule has 3 rings (SSSR count). The Morgan fingerprint density at radius 3 is 3.04 bits per heavy atom. The van der Waals surface area contributed by atoms with Crippen LogP contribution in [0.1, 0.15) is 25.3 Å². The van der Waals surface area contributed by atoms with Gasteiger partial charge in [0.2, 0.25) is 5.88 Å². The number of nitrogens with one attached hydrogen (secondary N) is 2. The van der Waals surface area contributed by atoms with Crippen molar-refractivity contribution >= 4 is 5.96 Å². The van der Waals surface area contributed by atoms with Crippen LogP contribution < -0.4 is 15.4 Å². The first-order chi connectivity index (χ1) is 13.2. The first-order valence-corrected chi connectivity index (χ1v) is 9.25. The third kappa shape index (κ3) is 5.92. The van der Waals surface area contributed by atoms with Crippen LogP contribution in [0.3, 0.4) is 0 Å². The van der Waals surface area contributed by atoms with Crippen LogP contribution in [0.5, 0.6) is 11.6 Å². The molecular formula is C20H25FN4O2. The molecule has 1 saturated heterocycles. The van der Waals surface area contributed by atoms with Crippen molar-refractivity contribution in [2.75, 3.05) is 19.7 Å². The number of benzene rings is 1. The zero-order chi connectivity index (χ0) is 18.9. The molecule has 1 aliphatic heterocycles. The fourth-order valence-corrected chi connectivity index (χ4v) is 2.80. The lowest BCUT2D eigenvalue weighted by Crippen LogP contribution is -2.41. The molecule has 2 N–H and O–H groups in total. The second kappa shape index (κ2) is 9.87. The molecule has 1 aromatic carbocycles. The fraction of sp³-hybridized carbons (Fsp3) is 0.400. The van der Waals surface area contributed by atoms with Crippen molar-refractivity contribution in [2.24, 2.45) is 4.99 Å². The molecule has 0 spiro atoms. The van der Waals surface area contributed by atoms with Gasteiger partial charge < -0.3 is 20.1 Å². The van der Waals surface area contributed by atoms with E-state index in [-0.39, 0.29) is 11.9 Å². The van der Waals surface area contributed by atoms with Gasteiger partial charge in [-0.05, 0) is 38.0 Å². The maximum atomic E-state index is 13.4. The molecule has 1 fully saturated rings. The second-order valence-corrected chi connectivity index (χ2v) is 6.24. The van der Waals surface area contributed by atoms with Crippen LogP contribution in [-0.4, -0.2) is 36.7 Å². The Morgan fingerprint density at radius 2 is 2.26 bits per heavy atom. The Hall–Kier alpha value is -2.67. The maximum Gasteiger partial charge on any atom is 0.224 e. The number of hydrogen-bond donors (Lipinski definition) is 2. The predicted molar refractivity (Wildman–Crippen MR) is 103 cm³/mol. The molecule has 0 radical (unpaired) electrons. The Morgan fingerprint density at radius 1 is 1.33 bits per heavy atom. The van der Waals surface area contributed by atoms with Crippen LogP contribution in [0, 0.1) is 5.82 Å². The van der Waals surface area contributed by atoms with Crippen LogP contribution >= 0.6 is 0 Å². The zero-order valence-corrected chi connectivity index (χ0v) is 15.5. The highest BCUT2D eigenvalue weighted by Gasteiger charge is 2.15. The van der Waals surface area contributed by atoms with E-state index in [1.807, 2.05) is 19.1 Å². The van der Waals surface area contributed by atoms with E-state index in [9.17, 15) is 4.39 Å². The van der Waals surface area contributed by atoms with Gasteiger partial charge in [0.15, 0.2) is 5.96 Å². The Balaban J connectivity index is 1.66. The van der Waals surface area contributed by atoms with E-state index in [0.717, 1.165) is 38.1 Å². The van der Waals surface area contributed by atoms with Gasteiger partial charge in [0.05, 0.1) is 12.6 Å². The molecule has 0 saturated carbocycles. The standard InChI is InChI=1S/C20H25FN4O2/c1-2-22-20(25-14-18-9-5-11-26-18)24-13-15-6-4-10-23-19(15)27-17-8-3-7-16(21)12-17/h3-4,6-8,10,12,18H,2,5,9,11,13-14H2,1H3,(H2,22,24,25). The van der Waals surface area contributed by atoms with Crippen molar-refractivity contribution in [3.8, 4) is 11.6 Å². The smallest absolute Gasteiger partial charge is 0.224 e. The van der Waals surface area contributed by atoms with Crippen molar-refractivity contribution in [1.29, 1.82) is 0 Å². The first-order valence-electron chi connectivity index (χ1n) is 9.25. The van der Waals surface area contributed by atoms with Gasteiger partial charge in [-0.3, -0.25) is 0 Å². The summed E-state index contributed by atoms with van der Waals surface area (Å²) in [6.45, 7) is 4.73. The summed E-state index contributed by atoms with van der Waals surface area (Å²) < 4.78 is 24.7. The van der Waals surface area contributed by atoms with Gasteiger partial charge in [-0.1, -0.05) is 12.1 Å². The summed E-state index contributed by atoms with van der Waals surface area (Å²) in [5.74, 6) is 1.19. The molecule has 27 heavy (non-hydrogen) atoms. The number of hydrogen-bond acceptors (Lipinski definition) is 4. The molecule has 2 aromatic rings. The number of aliphatic imine (C=N–C) groups is 1. The minimum Gasteiger partial charge on any atom is -0.439 e. The van der Waals surface area contributed by atoms with Gasteiger partial charge in [0, 0.05) is 37.5 Å². The van der Waals surface area contributed by atoms with E-state index in [4.69, 9.17) is 9.47 Å². The van der Waals surface area contributed by atoms with Crippen LogP contribution in [0.2, 0.25) is 0 Å². The highest BCUT2D eigenvalue weighted by atomic mass is 19.1. The highest BCUT2D eigenvalue weighted by molar-refractivity contribution is 5.79. The van der Waals surface area contributed by atoms with E-state index in [1.165, 1.54) is 12.1 Å². The van der Waals surface area contributed by atoms with Crippen molar-refractivity contribution in [2.45, 2.75) is 32.4 Å². The van der Waals surface area contributed by atoms with E-state index in [2.05, 4.69) is 20.6 Å². The molecule has 1 unspecified atom stereocenters. The van der Waals surface area contributed by atoms with E-state index in [1.54, 1.807) is 18.3 Å². The van der Waals surface area contributed by atoms with Crippen molar-refractivity contribution in [3.63, 3.8) is 0 Å². The van der Waals surface area contributed by atoms with Gasteiger partial charge in [-0.2, -0.15) is 0 Å². The number of rotatable bonds is 7. The molecule has 1 aromatic heterocycles. The number of nitrogens with zero attached hydrogens (tertiary/aromatic N) is 2. The van der Waals surface area contributed by atoms with Crippen molar-refractivity contribution in [3.05, 3.63) is 54.0 Å². The lowest BCUT2D eigenvalue weighted by atomic mass is 10.2. The minimum absolute atomic E-state index is 0.235. The summed E-state index contributed by atoms with van der Waals surface area (Å²) in [4.78, 5) is 8.87. The van der Waals surface area contributed by atoms with Gasteiger partial charge >= 0.3 is 0 Å². The molecule has 1 atom stereocenters. The lowest BCUT2D eigenvalue weighted by Gasteiger charge is -2.15. The third-order valence-electron chi connectivity index (χ3n) is 4.13. The van der Waals surface area contributed by atoms with Crippen LogP contribution in [0.4, 0.5) is 4.39 Å². The average molecular weight is 372 g/mol. The molecule has 1 aliphatic rings. The fourth-order valence-electron chi connectivity index (χ4n) is 2.80. The van der Waals surface area contributed by atoms with Crippen molar-refractivity contribution in [1.82, 2.24) is 15.6 Å². The van der Waals surface area contributed by atoms with E-state index in [0.29, 0.717) is 24.1 Å². The molecule has 6 nitrogen and oxygen atoms in total. The third-order valence-corrected chi connectivity index (χ3v) is 4.13.